The molecule has 0 saturated heterocycles. The number of carbonyl (C=O) groups excluding carboxylic acids is 1. The van der Waals surface area contributed by atoms with E-state index in [9.17, 15) is 13.2 Å². The Labute approximate surface area is 181 Å². The molecule has 0 saturated carbocycles. The molecule has 0 aromatic heterocycles. The van der Waals surface area contributed by atoms with E-state index in [0.717, 1.165) is 0 Å². The van der Waals surface area contributed by atoms with E-state index >= 15 is 0 Å². The van der Waals surface area contributed by atoms with E-state index < -0.39 is 16.1 Å². The van der Waals surface area contributed by atoms with E-state index in [2.05, 4.69) is 10.0 Å². The average molecular weight is 459 g/mol. The summed E-state index contributed by atoms with van der Waals surface area (Å²) in [5.41, 5.74) is 0.612. The van der Waals surface area contributed by atoms with Crippen molar-refractivity contribution in [1.82, 2.24) is 10.0 Å². The Kier molecular flexibility index (Phi) is 8.34. The third-order valence-corrected chi connectivity index (χ3v) is 5.97. The zero-order valence-corrected chi connectivity index (χ0v) is 18.7. The van der Waals surface area contributed by atoms with Crippen molar-refractivity contribution in [2.75, 3.05) is 6.54 Å². The van der Waals surface area contributed by atoms with Crippen LogP contribution >= 0.6 is 23.2 Å². The monoisotopic (exact) mass is 458 g/mol. The minimum Gasteiger partial charge on any atom is -0.481 e. The van der Waals surface area contributed by atoms with E-state index in [0.29, 0.717) is 33.8 Å². The molecule has 0 bridgehead atoms. The second-order valence-electron chi connectivity index (χ2n) is 6.93. The number of sulfonamides is 1. The predicted molar refractivity (Wildman–Crippen MR) is 115 cm³/mol. The van der Waals surface area contributed by atoms with E-state index in [1.165, 1.54) is 24.3 Å². The summed E-state index contributed by atoms with van der Waals surface area (Å²) >= 11 is 11.9. The van der Waals surface area contributed by atoms with Crippen molar-refractivity contribution in [3.05, 3.63) is 58.1 Å². The molecule has 0 spiro atoms. The van der Waals surface area contributed by atoms with Gasteiger partial charge in [-0.1, -0.05) is 43.1 Å². The Morgan fingerprint density at radius 2 is 1.72 bits per heavy atom. The molecule has 158 valence electrons. The first kappa shape index (κ1) is 23.5. The van der Waals surface area contributed by atoms with Crippen molar-refractivity contribution in [1.29, 1.82) is 0 Å². The van der Waals surface area contributed by atoms with Crippen LogP contribution in [0.15, 0.2) is 47.4 Å². The Morgan fingerprint density at radius 1 is 1.07 bits per heavy atom. The number of hydrogen-bond donors (Lipinski definition) is 2. The normalized spacial score (nSPS) is 12.6. The quantitative estimate of drug-likeness (QED) is 0.594. The van der Waals surface area contributed by atoms with Gasteiger partial charge in [0.05, 0.1) is 4.90 Å². The second kappa shape index (κ2) is 10.3. The summed E-state index contributed by atoms with van der Waals surface area (Å²) < 4.78 is 33.1. The van der Waals surface area contributed by atoms with E-state index in [1.807, 2.05) is 13.8 Å². The fourth-order valence-corrected chi connectivity index (χ4v) is 3.81. The van der Waals surface area contributed by atoms with Crippen LogP contribution in [0, 0.1) is 5.92 Å². The lowest BCUT2D eigenvalue weighted by atomic mass is 10.2. The van der Waals surface area contributed by atoms with Gasteiger partial charge in [0.25, 0.3) is 5.91 Å². The van der Waals surface area contributed by atoms with Crippen LogP contribution < -0.4 is 14.8 Å². The molecule has 29 heavy (non-hydrogen) atoms. The van der Waals surface area contributed by atoms with Crippen molar-refractivity contribution in [2.24, 2.45) is 5.92 Å². The van der Waals surface area contributed by atoms with Gasteiger partial charge in [-0.2, -0.15) is 0 Å². The standard InChI is InChI=1S/C20H24Cl2N2O4S/c1-13(2)11-23-20(25)14(3)28-17-6-8-18(9-7-17)29(26,27)24-12-15-4-5-16(21)10-19(15)22/h4-10,13-14,24H,11-12H2,1-3H3,(H,23,25)/t14-/m1/s1. The van der Waals surface area contributed by atoms with Gasteiger partial charge in [0.1, 0.15) is 5.75 Å². The smallest absolute Gasteiger partial charge is 0.260 e. The summed E-state index contributed by atoms with van der Waals surface area (Å²) in [4.78, 5) is 12.1. The fourth-order valence-electron chi connectivity index (χ4n) is 2.32. The summed E-state index contributed by atoms with van der Waals surface area (Å²) in [5, 5.41) is 3.65. The number of hydrogen-bond acceptors (Lipinski definition) is 4. The number of amides is 1. The Balaban J connectivity index is 1.98. The lowest BCUT2D eigenvalue weighted by molar-refractivity contribution is -0.127. The van der Waals surface area contributed by atoms with Crippen LogP contribution in [0.3, 0.4) is 0 Å². The molecule has 6 nitrogen and oxygen atoms in total. The van der Waals surface area contributed by atoms with Gasteiger partial charge in [-0.05, 0) is 54.8 Å². The minimum absolute atomic E-state index is 0.0314. The zero-order chi connectivity index (χ0) is 21.6. The molecule has 0 aliphatic rings. The molecule has 2 N–H and O–H groups in total. The van der Waals surface area contributed by atoms with Gasteiger partial charge in [0.15, 0.2) is 6.10 Å². The van der Waals surface area contributed by atoms with E-state index in [4.69, 9.17) is 27.9 Å². The third kappa shape index (κ3) is 7.19. The highest BCUT2D eigenvalue weighted by molar-refractivity contribution is 7.89. The maximum atomic E-state index is 12.5. The summed E-state index contributed by atoms with van der Waals surface area (Å²) in [6.07, 6.45) is -0.693. The van der Waals surface area contributed by atoms with Crippen molar-refractivity contribution in [3.63, 3.8) is 0 Å². The molecule has 0 unspecified atom stereocenters. The third-order valence-electron chi connectivity index (χ3n) is 3.97. The molecule has 0 radical (unpaired) electrons. The van der Waals surface area contributed by atoms with E-state index in [-0.39, 0.29) is 17.3 Å². The van der Waals surface area contributed by atoms with Crippen LogP contribution in [0.5, 0.6) is 5.75 Å². The zero-order valence-electron chi connectivity index (χ0n) is 16.4. The highest BCUT2D eigenvalue weighted by atomic mass is 35.5. The lowest BCUT2D eigenvalue weighted by Crippen LogP contribution is -2.38. The largest absolute Gasteiger partial charge is 0.481 e. The number of benzene rings is 2. The number of rotatable bonds is 9. The first-order valence-corrected chi connectivity index (χ1v) is 11.3. The Hall–Kier alpha value is -1.80. The van der Waals surface area contributed by atoms with Gasteiger partial charge in [-0.3, -0.25) is 4.79 Å². The first-order valence-electron chi connectivity index (χ1n) is 9.06. The SMILES string of the molecule is CC(C)CNC(=O)[C@@H](C)Oc1ccc(S(=O)(=O)NCc2ccc(Cl)cc2Cl)cc1. The molecule has 1 atom stereocenters. The van der Waals surface area contributed by atoms with Crippen LogP contribution in [0.2, 0.25) is 10.0 Å². The molecule has 0 aliphatic carbocycles. The van der Waals surface area contributed by atoms with Gasteiger partial charge in [0, 0.05) is 23.1 Å². The first-order chi connectivity index (χ1) is 13.6. The minimum atomic E-state index is -3.74. The number of ether oxygens (including phenoxy) is 1. The fraction of sp³-hybridized carbons (Fsp3) is 0.350. The molecule has 0 aliphatic heterocycles. The number of carbonyl (C=O) groups is 1. The maximum Gasteiger partial charge on any atom is 0.260 e. The van der Waals surface area contributed by atoms with Crippen LogP contribution in [0.1, 0.15) is 26.3 Å². The Morgan fingerprint density at radius 3 is 2.31 bits per heavy atom. The van der Waals surface area contributed by atoms with Crippen molar-refractivity contribution >= 4 is 39.1 Å². The lowest BCUT2D eigenvalue weighted by Gasteiger charge is -2.16. The predicted octanol–water partition coefficient (Wildman–Crippen LogP) is 4.01. The van der Waals surface area contributed by atoms with Gasteiger partial charge in [-0.15, -0.1) is 0 Å². The van der Waals surface area contributed by atoms with Gasteiger partial charge in [0.2, 0.25) is 10.0 Å². The second-order valence-corrected chi connectivity index (χ2v) is 9.54. The maximum absolute atomic E-state index is 12.5. The summed E-state index contributed by atoms with van der Waals surface area (Å²) in [7, 11) is -3.74. The summed E-state index contributed by atoms with van der Waals surface area (Å²) in [6, 6.07) is 10.7. The summed E-state index contributed by atoms with van der Waals surface area (Å²) in [6.45, 7) is 6.23. The Bertz CT molecular complexity index is 947. The molecule has 2 rings (SSSR count). The highest BCUT2D eigenvalue weighted by Gasteiger charge is 2.17. The molecule has 1 amide bonds. The average Bonchev–Trinajstić information content (AvgIpc) is 2.65. The van der Waals surface area contributed by atoms with Crippen LogP contribution in [0.25, 0.3) is 0 Å². The van der Waals surface area contributed by atoms with Crippen LogP contribution in [-0.2, 0) is 21.4 Å². The van der Waals surface area contributed by atoms with Gasteiger partial charge >= 0.3 is 0 Å². The van der Waals surface area contributed by atoms with Crippen molar-refractivity contribution in [2.45, 2.75) is 38.3 Å². The van der Waals surface area contributed by atoms with Crippen molar-refractivity contribution in [3.8, 4) is 5.75 Å². The van der Waals surface area contributed by atoms with Crippen LogP contribution in [0.4, 0.5) is 0 Å². The molecular weight excluding hydrogens is 435 g/mol. The molecule has 2 aromatic rings. The highest BCUT2D eigenvalue weighted by Crippen LogP contribution is 2.22. The number of nitrogens with one attached hydrogen (secondary N) is 2. The topological polar surface area (TPSA) is 84.5 Å². The molecule has 2 aromatic carbocycles. The molecular formula is C20H24Cl2N2O4S. The van der Waals surface area contributed by atoms with Crippen LogP contribution in [-0.4, -0.2) is 27.0 Å². The molecule has 9 heteroatoms. The van der Waals surface area contributed by atoms with E-state index in [1.54, 1.807) is 25.1 Å². The summed E-state index contributed by atoms with van der Waals surface area (Å²) in [5.74, 6) is 0.514. The molecule has 0 heterocycles. The van der Waals surface area contributed by atoms with Gasteiger partial charge in [-0.25, -0.2) is 13.1 Å². The van der Waals surface area contributed by atoms with Gasteiger partial charge < -0.3 is 10.1 Å². The number of halogens is 2. The molecule has 0 fully saturated rings. The van der Waals surface area contributed by atoms with Crippen molar-refractivity contribution < 1.29 is 17.9 Å².